The summed E-state index contributed by atoms with van der Waals surface area (Å²) >= 11 is 1.64. The second kappa shape index (κ2) is 7.19. The molecule has 0 aromatic heterocycles. The molecule has 2 rings (SSSR count). The normalized spacial score (nSPS) is 31.9. The number of likely N-dealkylation sites (tertiary alicyclic amines) is 1. The predicted molar refractivity (Wildman–Crippen MR) is 80.3 cm³/mol. The van der Waals surface area contributed by atoms with E-state index >= 15 is 0 Å². The van der Waals surface area contributed by atoms with Crippen molar-refractivity contribution in [2.24, 2.45) is 11.8 Å². The molecule has 1 aliphatic carbocycles. The van der Waals surface area contributed by atoms with E-state index in [4.69, 9.17) is 5.11 Å². The third kappa shape index (κ3) is 4.24. The average molecular weight is 354 g/mol. The van der Waals surface area contributed by atoms with Crippen molar-refractivity contribution in [3.63, 3.8) is 0 Å². The second-order valence-electron chi connectivity index (χ2n) is 6.11. The van der Waals surface area contributed by atoms with Crippen molar-refractivity contribution < 1.29 is 27.9 Å². The van der Waals surface area contributed by atoms with Gasteiger partial charge in [0.15, 0.2) is 0 Å². The molecule has 0 radical (unpaired) electrons. The lowest BCUT2D eigenvalue weighted by atomic mass is 9.95. The van der Waals surface area contributed by atoms with Crippen molar-refractivity contribution in [3.8, 4) is 0 Å². The molecule has 0 unspecified atom stereocenters. The van der Waals surface area contributed by atoms with E-state index in [2.05, 4.69) is 5.32 Å². The van der Waals surface area contributed by atoms with E-state index in [-0.39, 0.29) is 11.3 Å². The summed E-state index contributed by atoms with van der Waals surface area (Å²) in [6.45, 7) is -0.995. The highest BCUT2D eigenvalue weighted by atomic mass is 32.2. The van der Waals surface area contributed by atoms with Gasteiger partial charge in [0.1, 0.15) is 0 Å². The van der Waals surface area contributed by atoms with Crippen LogP contribution in [0.25, 0.3) is 0 Å². The number of halogens is 3. The molecule has 1 heterocycles. The fourth-order valence-electron chi connectivity index (χ4n) is 3.35. The summed E-state index contributed by atoms with van der Waals surface area (Å²) in [4.78, 5) is 24.3. The van der Waals surface area contributed by atoms with Crippen LogP contribution in [0.2, 0.25) is 0 Å². The number of thioether (sulfide) groups is 1. The summed E-state index contributed by atoms with van der Waals surface area (Å²) in [6, 6.07) is -0.659. The number of nitrogens with one attached hydrogen (secondary N) is 1. The average Bonchev–Trinajstić information content (AvgIpc) is 2.93. The topological polar surface area (TPSA) is 69.6 Å². The maximum absolute atomic E-state index is 13.0. The van der Waals surface area contributed by atoms with Crippen LogP contribution in [0, 0.1) is 11.8 Å². The standard InChI is InChI=1S/C14H21F3N2O3S/c1-23-11-5-3-2-4-10(11)18-13(22)19-6-8(12(20)21)9(7-19)14(15,16)17/h8-11H,2-7H2,1H3,(H,18,22)(H,20,21)/t8-,9-,10+,11+/m1/s1. The number of carbonyl (C=O) groups is 2. The Kier molecular flexibility index (Phi) is 5.70. The number of carboxylic acids is 1. The monoisotopic (exact) mass is 354 g/mol. The molecule has 4 atom stereocenters. The lowest BCUT2D eigenvalue weighted by Crippen LogP contribution is -2.49. The molecule has 1 saturated heterocycles. The van der Waals surface area contributed by atoms with Crippen molar-refractivity contribution in [1.82, 2.24) is 10.2 Å². The van der Waals surface area contributed by atoms with Crippen LogP contribution >= 0.6 is 11.8 Å². The van der Waals surface area contributed by atoms with Crippen molar-refractivity contribution in [2.45, 2.75) is 43.2 Å². The van der Waals surface area contributed by atoms with E-state index in [1.165, 1.54) is 0 Å². The van der Waals surface area contributed by atoms with Crippen LogP contribution in [0.15, 0.2) is 0 Å². The molecule has 2 amide bonds. The van der Waals surface area contributed by atoms with Crippen LogP contribution in [-0.2, 0) is 4.79 Å². The number of hydrogen-bond acceptors (Lipinski definition) is 3. The maximum Gasteiger partial charge on any atom is 0.394 e. The number of aliphatic carboxylic acids is 1. The Balaban J connectivity index is 2.01. The number of amides is 2. The molecule has 9 heteroatoms. The predicted octanol–water partition coefficient (Wildman–Crippen LogP) is 2.57. The Hall–Kier alpha value is -1.12. The number of rotatable bonds is 3. The molecular weight excluding hydrogens is 333 g/mol. The Morgan fingerprint density at radius 2 is 1.87 bits per heavy atom. The smallest absolute Gasteiger partial charge is 0.394 e. The summed E-state index contributed by atoms with van der Waals surface area (Å²) in [7, 11) is 0. The molecule has 23 heavy (non-hydrogen) atoms. The van der Waals surface area contributed by atoms with Crippen molar-refractivity contribution >= 4 is 23.8 Å². The van der Waals surface area contributed by atoms with E-state index in [1.54, 1.807) is 11.8 Å². The molecule has 0 aromatic rings. The largest absolute Gasteiger partial charge is 0.481 e. The van der Waals surface area contributed by atoms with Gasteiger partial charge in [0.05, 0.1) is 11.8 Å². The van der Waals surface area contributed by atoms with E-state index in [0.29, 0.717) is 0 Å². The number of carbonyl (C=O) groups excluding carboxylic acids is 1. The zero-order valence-corrected chi connectivity index (χ0v) is 13.6. The third-order valence-corrected chi connectivity index (χ3v) is 5.83. The van der Waals surface area contributed by atoms with Crippen LogP contribution < -0.4 is 5.32 Å². The van der Waals surface area contributed by atoms with Crippen LogP contribution in [0.3, 0.4) is 0 Å². The van der Waals surface area contributed by atoms with Gasteiger partial charge < -0.3 is 15.3 Å². The fourth-order valence-corrected chi connectivity index (χ4v) is 4.28. The van der Waals surface area contributed by atoms with Gasteiger partial charge in [-0.15, -0.1) is 0 Å². The highest BCUT2D eigenvalue weighted by molar-refractivity contribution is 7.99. The molecule has 0 aromatic carbocycles. The zero-order valence-electron chi connectivity index (χ0n) is 12.8. The molecule has 0 bridgehead atoms. The Labute approximate surface area is 137 Å². The van der Waals surface area contributed by atoms with Gasteiger partial charge in [-0.25, -0.2) is 4.79 Å². The van der Waals surface area contributed by atoms with Gasteiger partial charge in [-0.2, -0.15) is 24.9 Å². The molecule has 1 aliphatic heterocycles. The molecule has 0 spiro atoms. The third-order valence-electron chi connectivity index (χ3n) is 4.66. The molecular formula is C14H21F3N2O3S. The van der Waals surface area contributed by atoms with Crippen molar-refractivity contribution in [2.75, 3.05) is 19.3 Å². The summed E-state index contributed by atoms with van der Waals surface area (Å²) in [5.41, 5.74) is 0. The van der Waals surface area contributed by atoms with E-state index in [1.807, 2.05) is 6.26 Å². The van der Waals surface area contributed by atoms with Crippen molar-refractivity contribution in [1.29, 1.82) is 0 Å². The summed E-state index contributed by atoms with van der Waals surface area (Å²) in [6.07, 6.45) is 1.16. The van der Waals surface area contributed by atoms with E-state index in [0.717, 1.165) is 30.6 Å². The lowest BCUT2D eigenvalue weighted by molar-refractivity contribution is -0.187. The first-order chi connectivity index (χ1) is 10.7. The lowest BCUT2D eigenvalue weighted by Gasteiger charge is -2.32. The Bertz CT molecular complexity index is 461. The van der Waals surface area contributed by atoms with Crippen LogP contribution in [-0.4, -0.2) is 58.8 Å². The first kappa shape index (κ1) is 18.2. The van der Waals surface area contributed by atoms with E-state index < -0.39 is 43.1 Å². The highest BCUT2D eigenvalue weighted by Gasteiger charge is 2.53. The Morgan fingerprint density at radius 3 is 2.39 bits per heavy atom. The highest BCUT2D eigenvalue weighted by Crippen LogP contribution is 2.38. The van der Waals surface area contributed by atoms with Gasteiger partial charge in [-0.1, -0.05) is 12.8 Å². The zero-order chi connectivity index (χ0) is 17.2. The number of hydrogen-bond donors (Lipinski definition) is 2. The second-order valence-corrected chi connectivity index (χ2v) is 7.19. The molecule has 2 fully saturated rings. The summed E-state index contributed by atoms with van der Waals surface area (Å²) in [5, 5.41) is 12.0. The van der Waals surface area contributed by atoms with Crippen molar-refractivity contribution in [3.05, 3.63) is 0 Å². The summed E-state index contributed by atoms with van der Waals surface area (Å²) in [5.74, 6) is -5.11. The molecule has 132 valence electrons. The van der Waals surface area contributed by atoms with Gasteiger partial charge in [0, 0.05) is 24.4 Å². The van der Waals surface area contributed by atoms with Crippen LogP contribution in [0.5, 0.6) is 0 Å². The SMILES string of the molecule is CS[C@H]1CCCC[C@@H]1NC(=O)N1C[C@@H](C(F)(F)F)[C@H](C(=O)O)C1. The first-order valence-corrected chi connectivity index (χ1v) is 8.90. The molecule has 2 N–H and O–H groups in total. The molecule has 5 nitrogen and oxygen atoms in total. The number of nitrogens with zero attached hydrogens (tertiary/aromatic N) is 1. The quantitative estimate of drug-likeness (QED) is 0.817. The number of alkyl halides is 3. The molecule has 2 aliphatic rings. The maximum atomic E-state index is 13.0. The minimum absolute atomic E-state index is 0.0699. The summed E-state index contributed by atoms with van der Waals surface area (Å²) < 4.78 is 38.9. The van der Waals surface area contributed by atoms with Crippen LogP contribution in [0.4, 0.5) is 18.0 Å². The van der Waals surface area contributed by atoms with Crippen LogP contribution in [0.1, 0.15) is 25.7 Å². The van der Waals surface area contributed by atoms with Gasteiger partial charge in [-0.05, 0) is 19.1 Å². The Morgan fingerprint density at radius 1 is 1.22 bits per heavy atom. The fraction of sp³-hybridized carbons (Fsp3) is 0.857. The van der Waals surface area contributed by atoms with Gasteiger partial charge in [-0.3, -0.25) is 4.79 Å². The first-order valence-electron chi connectivity index (χ1n) is 7.61. The number of urea groups is 1. The van der Waals surface area contributed by atoms with E-state index in [9.17, 15) is 22.8 Å². The minimum atomic E-state index is -4.62. The van der Waals surface area contributed by atoms with Gasteiger partial charge in [0.25, 0.3) is 0 Å². The molecule has 1 saturated carbocycles. The number of carboxylic acid groups (broad SMARTS) is 1. The van der Waals surface area contributed by atoms with Gasteiger partial charge >= 0.3 is 18.2 Å². The minimum Gasteiger partial charge on any atom is -0.481 e. The van der Waals surface area contributed by atoms with Gasteiger partial charge in [0.2, 0.25) is 0 Å².